The molecule has 0 aromatic carbocycles. The third-order valence-electron chi connectivity index (χ3n) is 16.3. The highest BCUT2D eigenvalue weighted by Gasteiger charge is 2.48. The van der Waals surface area contributed by atoms with Crippen LogP contribution in [0.5, 0.6) is 0 Å². The first-order valence-electron chi connectivity index (χ1n) is 30.3. The number of hydrogen-bond donors (Lipinski definition) is 5. The van der Waals surface area contributed by atoms with E-state index in [2.05, 4.69) is 21.3 Å². The lowest BCUT2D eigenvalue weighted by molar-refractivity contribution is -0.157. The van der Waals surface area contributed by atoms with E-state index in [1.807, 2.05) is 55.4 Å². The molecule has 12 atom stereocenters. The standard InChI is InChI=1S/C61H107N11O13/c1-24-42-57(80)66(17)30-47(74)67(18)43(25-32(2)3)54(77)65-48(36(10)11)60(83)68(19)44(26-33(4)5)53(76)62-39(15)52(75)63-40(16)56(79)69(20)45(27-34(6)7)58(81)70(21)46(28-35(8)9)59(82)71(22)49(37(12)13)61(84)72(23)50(55(78)64-42)51-38(14)29-41(31-73)85-51/h31-40,42-46,48-51,73H,24-30H2,1-23H3,(H,62,76)(H,63,75)(H,64,78)(H,65,77)/b41-31+/t38?,39-,40+,42-,43-,44-,45-,46-,48-,49-,50+,51?/m0/s1. The van der Waals surface area contributed by atoms with Crippen LogP contribution in [0.25, 0.3) is 0 Å². The van der Waals surface area contributed by atoms with Gasteiger partial charge in [0.25, 0.3) is 0 Å². The molecule has 2 unspecified atom stereocenters. The molecular weight excluding hydrogens is 1090 g/mol. The summed E-state index contributed by atoms with van der Waals surface area (Å²) in [5.41, 5.74) is 0. The fourth-order valence-corrected chi connectivity index (χ4v) is 11.1. The minimum absolute atomic E-state index is 0.0354. The van der Waals surface area contributed by atoms with E-state index < -0.39 is 156 Å². The van der Waals surface area contributed by atoms with Gasteiger partial charge < -0.3 is 65.4 Å². The van der Waals surface area contributed by atoms with E-state index in [4.69, 9.17) is 4.74 Å². The Kier molecular flexibility index (Phi) is 28.8. The number of hydrogen-bond acceptors (Lipinski definition) is 13. The topological polar surface area (TPSA) is 288 Å². The maximum absolute atomic E-state index is 15.2. The monoisotopic (exact) mass is 1200 g/mol. The van der Waals surface area contributed by atoms with Crippen molar-refractivity contribution < 1.29 is 62.6 Å². The number of nitrogens with one attached hydrogen (secondary N) is 4. The first-order valence-corrected chi connectivity index (χ1v) is 30.3. The van der Waals surface area contributed by atoms with Gasteiger partial charge in [0.2, 0.25) is 65.0 Å². The van der Waals surface area contributed by atoms with Crippen LogP contribution in [0, 0.1) is 41.4 Å². The number of aliphatic hydroxyl groups is 1. The van der Waals surface area contributed by atoms with Gasteiger partial charge in [0.15, 0.2) is 0 Å². The largest absolute Gasteiger partial charge is 0.512 e. The van der Waals surface area contributed by atoms with Crippen molar-refractivity contribution in [1.29, 1.82) is 0 Å². The van der Waals surface area contributed by atoms with E-state index in [0.29, 0.717) is 0 Å². The van der Waals surface area contributed by atoms with Crippen molar-refractivity contribution in [2.24, 2.45) is 41.4 Å². The van der Waals surface area contributed by atoms with Crippen molar-refractivity contribution in [3.8, 4) is 0 Å². The number of ether oxygens (including phenoxy) is 1. The van der Waals surface area contributed by atoms with Crippen LogP contribution in [0.2, 0.25) is 0 Å². The van der Waals surface area contributed by atoms with E-state index in [0.717, 1.165) is 11.2 Å². The molecule has 85 heavy (non-hydrogen) atoms. The fourth-order valence-electron chi connectivity index (χ4n) is 11.1. The molecule has 2 aliphatic rings. The molecule has 0 aromatic rings. The molecule has 24 nitrogen and oxygen atoms in total. The van der Waals surface area contributed by atoms with Crippen molar-refractivity contribution >= 4 is 65.0 Å². The zero-order valence-corrected chi connectivity index (χ0v) is 55.4. The molecular formula is C61H107N11O13. The minimum atomic E-state index is -1.45. The van der Waals surface area contributed by atoms with Crippen LogP contribution in [0.3, 0.4) is 0 Å². The summed E-state index contributed by atoms with van der Waals surface area (Å²) in [7, 11) is 9.98. The molecule has 0 aliphatic carbocycles. The SMILES string of the molecule is CC[C@@H]1NC(=O)[C@@H](C2O/C(=C/O)CC2C)N(C)C(=O)[C@H](C(C)C)N(C)C(=O)[C@H](CC(C)C)N(C)C(=O)[C@H](CC(C)C)N(C)C(=O)[C@@H](C)NC(=O)[C@H](C)NC(=O)[C@H](CC(C)C)N(C)C(=O)[C@H](C(C)C)NC(=O)[C@H](CC(C)C)N(C)C(=O)CN(C)C1=O. The third-order valence-corrected chi connectivity index (χ3v) is 16.3. The Morgan fingerprint density at radius 2 is 0.918 bits per heavy atom. The summed E-state index contributed by atoms with van der Waals surface area (Å²) in [6.45, 7) is 27.6. The smallest absolute Gasteiger partial charge is 0.247 e. The molecule has 0 aromatic heterocycles. The van der Waals surface area contributed by atoms with Crippen LogP contribution in [0.4, 0.5) is 0 Å². The predicted molar refractivity (Wildman–Crippen MR) is 323 cm³/mol. The lowest BCUT2D eigenvalue weighted by atomic mass is 9.93. The molecule has 2 rings (SSSR count). The second kappa shape index (κ2) is 32.9. The number of carbonyl (C=O) groups excluding carboxylic acids is 11. The first kappa shape index (κ1) is 74.6. The summed E-state index contributed by atoms with van der Waals surface area (Å²) in [5.74, 6) is -9.24. The van der Waals surface area contributed by atoms with Gasteiger partial charge in [-0.15, -0.1) is 0 Å². The van der Waals surface area contributed by atoms with E-state index in [1.54, 1.807) is 41.5 Å². The predicted octanol–water partition coefficient (Wildman–Crippen LogP) is 3.13. The van der Waals surface area contributed by atoms with Crippen LogP contribution in [-0.4, -0.2) is 227 Å². The number of likely N-dealkylation sites (N-methyl/N-ethyl adjacent to an activating group) is 7. The number of nitrogens with zero attached hydrogens (tertiary/aromatic N) is 7. The molecule has 2 heterocycles. The summed E-state index contributed by atoms with van der Waals surface area (Å²) >= 11 is 0. The van der Waals surface area contributed by atoms with Crippen molar-refractivity contribution in [3.05, 3.63) is 12.0 Å². The Hall–Kier alpha value is -6.49. The molecule has 2 aliphatic heterocycles. The van der Waals surface area contributed by atoms with Gasteiger partial charge in [0.05, 0.1) is 6.54 Å². The Morgan fingerprint density at radius 3 is 1.36 bits per heavy atom. The number of aliphatic hydroxyl groups excluding tert-OH is 1. The van der Waals surface area contributed by atoms with Gasteiger partial charge >= 0.3 is 0 Å². The van der Waals surface area contributed by atoms with Crippen molar-refractivity contribution in [1.82, 2.24) is 55.6 Å². The average Bonchev–Trinajstić information content (AvgIpc) is 2.97. The lowest BCUT2D eigenvalue weighted by Crippen LogP contribution is -2.63. The number of allylic oxidation sites excluding steroid dienone is 1. The van der Waals surface area contributed by atoms with Crippen LogP contribution < -0.4 is 21.3 Å². The maximum Gasteiger partial charge on any atom is 0.247 e. The molecule has 2 saturated heterocycles. The minimum Gasteiger partial charge on any atom is -0.512 e. The average molecular weight is 1200 g/mol. The Balaban J connectivity index is 2.96. The molecule has 0 radical (unpaired) electrons. The summed E-state index contributed by atoms with van der Waals surface area (Å²) in [5, 5.41) is 21.1. The van der Waals surface area contributed by atoms with Crippen molar-refractivity contribution in [2.45, 2.75) is 216 Å². The number of rotatable bonds is 12. The fraction of sp³-hybridized carbons (Fsp3) is 0.787. The van der Waals surface area contributed by atoms with Gasteiger partial charge in [0.1, 0.15) is 78.5 Å². The van der Waals surface area contributed by atoms with Crippen LogP contribution in [0.1, 0.15) is 149 Å². The van der Waals surface area contributed by atoms with Gasteiger partial charge in [-0.2, -0.15) is 0 Å². The van der Waals surface area contributed by atoms with Gasteiger partial charge in [-0.25, -0.2) is 0 Å². The first-order chi connectivity index (χ1) is 39.3. The molecule has 24 heteroatoms. The highest BCUT2D eigenvalue weighted by Crippen LogP contribution is 2.34. The van der Waals surface area contributed by atoms with Crippen LogP contribution in [0.15, 0.2) is 12.0 Å². The molecule has 11 amide bonds. The zero-order valence-electron chi connectivity index (χ0n) is 55.4. The van der Waals surface area contributed by atoms with Gasteiger partial charge in [0, 0.05) is 61.7 Å². The quantitative estimate of drug-likeness (QED) is 0.176. The summed E-state index contributed by atoms with van der Waals surface area (Å²) in [6, 6.07) is -12.1. The van der Waals surface area contributed by atoms with Gasteiger partial charge in [-0.3, -0.25) is 52.7 Å². The lowest BCUT2D eigenvalue weighted by Gasteiger charge is -2.41. The van der Waals surface area contributed by atoms with Crippen molar-refractivity contribution in [2.75, 3.05) is 55.9 Å². The van der Waals surface area contributed by atoms with Crippen molar-refractivity contribution in [3.63, 3.8) is 0 Å². The molecule has 2 fully saturated rings. The van der Waals surface area contributed by atoms with Crippen LogP contribution >= 0.6 is 0 Å². The van der Waals surface area contributed by atoms with Gasteiger partial charge in [-0.05, 0) is 81.5 Å². The second-order valence-electron chi connectivity index (χ2n) is 26.2. The van der Waals surface area contributed by atoms with Crippen LogP contribution in [-0.2, 0) is 57.5 Å². The summed E-state index contributed by atoms with van der Waals surface area (Å²) in [4.78, 5) is 169. The molecule has 5 N–H and O–H groups in total. The highest BCUT2D eigenvalue weighted by atomic mass is 16.5. The highest BCUT2D eigenvalue weighted by molar-refractivity contribution is 5.99. The molecule has 0 spiro atoms. The normalized spacial score (nSPS) is 29.1. The van der Waals surface area contributed by atoms with Gasteiger partial charge in [-0.1, -0.05) is 96.9 Å². The summed E-state index contributed by atoms with van der Waals surface area (Å²) in [6.07, 6.45) is 0.586. The molecule has 0 saturated carbocycles. The molecule has 0 bridgehead atoms. The van der Waals surface area contributed by atoms with E-state index in [9.17, 15) is 48.3 Å². The Morgan fingerprint density at radius 1 is 0.482 bits per heavy atom. The third kappa shape index (κ3) is 19.8. The Bertz CT molecular complexity index is 2400. The van der Waals surface area contributed by atoms with E-state index >= 15 is 9.59 Å². The van der Waals surface area contributed by atoms with E-state index in [1.165, 1.54) is 92.6 Å². The molecule has 484 valence electrons. The maximum atomic E-state index is 15.2. The Labute approximate surface area is 506 Å². The summed E-state index contributed by atoms with van der Waals surface area (Å²) < 4.78 is 6.13. The zero-order chi connectivity index (χ0) is 65.6. The second-order valence-corrected chi connectivity index (χ2v) is 26.2. The van der Waals surface area contributed by atoms with E-state index in [-0.39, 0.29) is 68.0 Å². The number of carbonyl (C=O) groups is 11. The number of amides is 11.